The van der Waals surface area contributed by atoms with Crippen LogP contribution in [-0.4, -0.2) is 9.36 Å². The van der Waals surface area contributed by atoms with Crippen molar-refractivity contribution in [3.05, 3.63) is 16.0 Å². The lowest BCUT2D eigenvalue weighted by Crippen LogP contribution is -2.26. The molecule has 0 radical (unpaired) electrons. The normalized spacial score (nSPS) is 17.7. The van der Waals surface area contributed by atoms with Gasteiger partial charge in [0, 0.05) is 12.5 Å². The Labute approximate surface area is 96.0 Å². The van der Waals surface area contributed by atoms with E-state index in [-0.39, 0.29) is 11.6 Å². The second kappa shape index (κ2) is 4.00. The van der Waals surface area contributed by atoms with E-state index in [2.05, 4.69) is 25.5 Å². The number of nitrogen functional groups attached to an aromatic ring is 1. The molecular formula is C12H21N3O. The molecule has 1 saturated carbocycles. The van der Waals surface area contributed by atoms with E-state index in [9.17, 15) is 4.79 Å². The summed E-state index contributed by atoms with van der Waals surface area (Å²) in [6.45, 7) is 7.06. The molecule has 0 saturated heterocycles. The third-order valence-electron chi connectivity index (χ3n) is 3.52. The van der Waals surface area contributed by atoms with Gasteiger partial charge in [0.05, 0.1) is 11.7 Å². The first-order chi connectivity index (χ1) is 7.61. The highest BCUT2D eigenvalue weighted by Gasteiger charge is 2.32. The van der Waals surface area contributed by atoms with Crippen molar-refractivity contribution in [1.29, 1.82) is 0 Å². The fraction of sp³-hybridized carbons (Fsp3) is 0.750. The number of hydrogen-bond donors (Lipinski definition) is 1. The minimum atomic E-state index is -0.00176. The van der Waals surface area contributed by atoms with Gasteiger partial charge in [-0.2, -0.15) is 0 Å². The molecule has 90 valence electrons. The summed E-state index contributed by atoms with van der Waals surface area (Å²) >= 11 is 0. The van der Waals surface area contributed by atoms with Crippen molar-refractivity contribution in [2.45, 2.75) is 58.5 Å². The Bertz CT molecular complexity index is 440. The number of nitrogens with two attached hydrogens (primary N) is 1. The van der Waals surface area contributed by atoms with Gasteiger partial charge in [-0.1, -0.05) is 6.92 Å². The number of aromatic nitrogens is 2. The number of anilines is 1. The summed E-state index contributed by atoms with van der Waals surface area (Å²) in [7, 11) is 0. The standard InChI is InChI=1S/C12H21N3O/c1-4-8(3)15-12(16)10(13)11(9-6-7-9)14(15)5-2/h8-9H,4-7,13H2,1-3H3. The fourth-order valence-corrected chi connectivity index (χ4v) is 2.32. The van der Waals surface area contributed by atoms with Gasteiger partial charge >= 0.3 is 0 Å². The summed E-state index contributed by atoms with van der Waals surface area (Å²) in [4.78, 5) is 12.1. The van der Waals surface area contributed by atoms with Crippen molar-refractivity contribution < 1.29 is 0 Å². The Kier molecular flexibility index (Phi) is 2.82. The zero-order valence-corrected chi connectivity index (χ0v) is 10.4. The van der Waals surface area contributed by atoms with E-state index in [1.807, 2.05) is 4.68 Å². The van der Waals surface area contributed by atoms with Crippen LogP contribution in [-0.2, 0) is 6.54 Å². The summed E-state index contributed by atoms with van der Waals surface area (Å²) in [6, 6.07) is 0.224. The van der Waals surface area contributed by atoms with Gasteiger partial charge in [-0.3, -0.25) is 9.48 Å². The van der Waals surface area contributed by atoms with Crippen LogP contribution in [0.25, 0.3) is 0 Å². The maximum atomic E-state index is 12.1. The smallest absolute Gasteiger partial charge is 0.290 e. The molecule has 0 aromatic carbocycles. The topological polar surface area (TPSA) is 52.9 Å². The monoisotopic (exact) mass is 223 g/mol. The third kappa shape index (κ3) is 1.56. The molecule has 4 nitrogen and oxygen atoms in total. The average molecular weight is 223 g/mol. The van der Waals surface area contributed by atoms with E-state index < -0.39 is 0 Å². The van der Waals surface area contributed by atoms with Crippen LogP contribution in [0.4, 0.5) is 5.69 Å². The van der Waals surface area contributed by atoms with E-state index in [1.54, 1.807) is 0 Å². The van der Waals surface area contributed by atoms with Gasteiger partial charge in [-0.15, -0.1) is 0 Å². The molecule has 1 fully saturated rings. The summed E-state index contributed by atoms with van der Waals surface area (Å²) in [6.07, 6.45) is 3.30. The van der Waals surface area contributed by atoms with Crippen LogP contribution >= 0.6 is 0 Å². The molecule has 1 aliphatic rings. The Hall–Kier alpha value is -1.19. The first-order valence-electron chi connectivity index (χ1n) is 6.22. The van der Waals surface area contributed by atoms with Gasteiger partial charge in [0.25, 0.3) is 5.56 Å². The lowest BCUT2D eigenvalue weighted by Gasteiger charge is -2.17. The Morgan fingerprint density at radius 1 is 1.44 bits per heavy atom. The molecule has 0 amide bonds. The van der Waals surface area contributed by atoms with Crippen LogP contribution in [0.5, 0.6) is 0 Å². The van der Waals surface area contributed by atoms with Crippen molar-refractivity contribution in [3.63, 3.8) is 0 Å². The lowest BCUT2D eigenvalue weighted by molar-refractivity contribution is 0.372. The molecule has 0 aliphatic heterocycles. The second-order valence-electron chi connectivity index (χ2n) is 4.70. The van der Waals surface area contributed by atoms with Crippen molar-refractivity contribution in [2.24, 2.45) is 0 Å². The van der Waals surface area contributed by atoms with Crippen molar-refractivity contribution >= 4 is 5.69 Å². The van der Waals surface area contributed by atoms with Gasteiger partial charge in [0.2, 0.25) is 0 Å². The zero-order valence-electron chi connectivity index (χ0n) is 10.4. The van der Waals surface area contributed by atoms with Crippen LogP contribution in [0.2, 0.25) is 0 Å². The molecule has 16 heavy (non-hydrogen) atoms. The van der Waals surface area contributed by atoms with Gasteiger partial charge in [-0.25, -0.2) is 4.68 Å². The molecule has 1 atom stereocenters. The fourth-order valence-electron chi connectivity index (χ4n) is 2.32. The molecule has 2 rings (SSSR count). The van der Waals surface area contributed by atoms with Gasteiger partial charge < -0.3 is 5.73 Å². The van der Waals surface area contributed by atoms with Crippen molar-refractivity contribution in [1.82, 2.24) is 9.36 Å². The molecule has 1 aliphatic carbocycles. The molecule has 1 aromatic rings. The highest BCUT2D eigenvalue weighted by molar-refractivity contribution is 5.45. The number of hydrogen-bond acceptors (Lipinski definition) is 2. The minimum absolute atomic E-state index is 0.00176. The van der Waals surface area contributed by atoms with E-state index >= 15 is 0 Å². The SMILES string of the molecule is CCC(C)n1c(=O)c(N)c(C2CC2)n1CC. The first-order valence-corrected chi connectivity index (χ1v) is 6.22. The van der Waals surface area contributed by atoms with Gasteiger partial charge in [-0.05, 0) is 33.1 Å². The molecule has 4 heteroatoms. The minimum Gasteiger partial charge on any atom is -0.393 e. The highest BCUT2D eigenvalue weighted by Crippen LogP contribution is 2.42. The summed E-state index contributed by atoms with van der Waals surface area (Å²) in [5.41, 5.74) is 7.51. The maximum Gasteiger partial charge on any atom is 0.290 e. The molecule has 1 heterocycles. The van der Waals surface area contributed by atoms with Crippen molar-refractivity contribution in [2.75, 3.05) is 5.73 Å². The van der Waals surface area contributed by atoms with Crippen LogP contribution in [0.3, 0.4) is 0 Å². The quantitative estimate of drug-likeness (QED) is 0.849. The zero-order chi connectivity index (χ0) is 11.9. The predicted molar refractivity (Wildman–Crippen MR) is 65.8 cm³/mol. The highest BCUT2D eigenvalue weighted by atomic mass is 16.1. The van der Waals surface area contributed by atoms with Crippen molar-refractivity contribution in [3.8, 4) is 0 Å². The summed E-state index contributed by atoms with van der Waals surface area (Å²) in [5, 5.41) is 0. The third-order valence-corrected chi connectivity index (χ3v) is 3.52. The van der Waals surface area contributed by atoms with E-state index in [1.165, 1.54) is 12.8 Å². The van der Waals surface area contributed by atoms with E-state index in [0.717, 1.165) is 18.7 Å². The Morgan fingerprint density at radius 3 is 2.50 bits per heavy atom. The van der Waals surface area contributed by atoms with Gasteiger partial charge in [0.1, 0.15) is 5.69 Å². The van der Waals surface area contributed by atoms with Crippen LogP contribution in [0, 0.1) is 0 Å². The molecule has 1 unspecified atom stereocenters. The number of rotatable bonds is 4. The summed E-state index contributed by atoms with van der Waals surface area (Å²) < 4.78 is 3.92. The largest absolute Gasteiger partial charge is 0.393 e. The predicted octanol–water partition coefficient (Wildman–Crippen LogP) is 2.10. The van der Waals surface area contributed by atoms with Gasteiger partial charge in [0.15, 0.2) is 0 Å². The number of nitrogens with zero attached hydrogens (tertiary/aromatic N) is 2. The lowest BCUT2D eigenvalue weighted by atomic mass is 10.2. The molecule has 2 N–H and O–H groups in total. The van der Waals surface area contributed by atoms with E-state index in [0.29, 0.717) is 11.6 Å². The Morgan fingerprint density at radius 2 is 2.06 bits per heavy atom. The summed E-state index contributed by atoms with van der Waals surface area (Å²) in [5.74, 6) is 0.526. The molecule has 0 bridgehead atoms. The van der Waals surface area contributed by atoms with Crippen LogP contribution in [0.15, 0.2) is 4.79 Å². The van der Waals surface area contributed by atoms with E-state index in [4.69, 9.17) is 5.73 Å². The molecule has 0 spiro atoms. The maximum absolute atomic E-state index is 12.1. The molecular weight excluding hydrogens is 202 g/mol. The second-order valence-corrected chi connectivity index (χ2v) is 4.70. The molecule has 1 aromatic heterocycles. The van der Waals surface area contributed by atoms with Crippen LogP contribution in [0.1, 0.15) is 57.7 Å². The Balaban J connectivity index is 2.59. The van der Waals surface area contributed by atoms with Crippen LogP contribution < -0.4 is 11.3 Å². The first kappa shape index (κ1) is 11.3. The average Bonchev–Trinajstić information content (AvgIpc) is 3.07.